The van der Waals surface area contributed by atoms with Crippen molar-refractivity contribution in [1.29, 1.82) is 0 Å². The van der Waals surface area contributed by atoms with Crippen molar-refractivity contribution < 1.29 is 19.1 Å². The molecule has 23 heavy (non-hydrogen) atoms. The average molecular weight is 313 g/mol. The van der Waals surface area contributed by atoms with Gasteiger partial charge < -0.3 is 14.4 Å². The van der Waals surface area contributed by atoms with Crippen LogP contribution in [-0.2, 0) is 25.7 Å². The van der Waals surface area contributed by atoms with Crippen LogP contribution in [0, 0.1) is 0 Å². The van der Waals surface area contributed by atoms with E-state index in [0.717, 1.165) is 11.3 Å². The molecule has 0 aromatic heterocycles. The lowest BCUT2D eigenvalue weighted by Crippen LogP contribution is -2.35. The Bertz CT molecular complexity index is 628. The molecule has 0 saturated carbocycles. The first-order valence-corrected chi connectivity index (χ1v) is 7.25. The van der Waals surface area contributed by atoms with Crippen LogP contribution in [0.4, 0.5) is 5.69 Å². The predicted molar refractivity (Wildman–Crippen MR) is 86.9 cm³/mol. The van der Waals surface area contributed by atoms with Crippen LogP contribution in [0.2, 0.25) is 0 Å². The standard InChI is InChI=1S/C18H19NO4/c1-22-17(20)12-19(16-10-6-3-7-11-16)13-18(21)23-14-15-8-4-2-5-9-15/h2-11H,12-14H2,1H3. The summed E-state index contributed by atoms with van der Waals surface area (Å²) in [6.07, 6.45) is 0. The van der Waals surface area contributed by atoms with E-state index in [-0.39, 0.29) is 19.7 Å². The van der Waals surface area contributed by atoms with Gasteiger partial charge in [-0.2, -0.15) is 0 Å². The monoisotopic (exact) mass is 313 g/mol. The molecule has 0 heterocycles. The molecule has 2 rings (SSSR count). The number of hydrogen-bond acceptors (Lipinski definition) is 5. The molecular weight excluding hydrogens is 294 g/mol. The minimum atomic E-state index is -0.412. The Labute approximate surface area is 135 Å². The van der Waals surface area contributed by atoms with E-state index in [4.69, 9.17) is 4.74 Å². The lowest BCUT2D eigenvalue weighted by Gasteiger charge is -2.22. The number of benzene rings is 2. The van der Waals surface area contributed by atoms with Gasteiger partial charge in [0.1, 0.15) is 19.7 Å². The maximum absolute atomic E-state index is 12.1. The summed E-state index contributed by atoms with van der Waals surface area (Å²) < 4.78 is 9.94. The van der Waals surface area contributed by atoms with Crippen molar-refractivity contribution >= 4 is 17.6 Å². The molecule has 0 radical (unpaired) electrons. The van der Waals surface area contributed by atoms with E-state index in [1.54, 1.807) is 4.90 Å². The second kappa shape index (κ2) is 8.58. The molecule has 0 unspecified atom stereocenters. The SMILES string of the molecule is COC(=O)CN(CC(=O)OCc1ccccc1)c1ccccc1. The van der Waals surface area contributed by atoms with E-state index in [9.17, 15) is 9.59 Å². The highest BCUT2D eigenvalue weighted by atomic mass is 16.5. The van der Waals surface area contributed by atoms with E-state index >= 15 is 0 Å². The minimum Gasteiger partial charge on any atom is -0.468 e. The maximum Gasteiger partial charge on any atom is 0.325 e. The molecular formula is C18H19NO4. The smallest absolute Gasteiger partial charge is 0.325 e. The zero-order valence-electron chi connectivity index (χ0n) is 13.0. The van der Waals surface area contributed by atoms with Crippen molar-refractivity contribution in [3.05, 3.63) is 66.2 Å². The number of methoxy groups -OCH3 is 1. The highest BCUT2D eigenvalue weighted by molar-refractivity contribution is 5.81. The van der Waals surface area contributed by atoms with Gasteiger partial charge in [0.2, 0.25) is 0 Å². The number of rotatable bonds is 7. The summed E-state index contributed by atoms with van der Waals surface area (Å²) in [6.45, 7) is 0.174. The largest absolute Gasteiger partial charge is 0.468 e. The number of para-hydroxylation sites is 1. The summed E-state index contributed by atoms with van der Waals surface area (Å²) in [5.74, 6) is -0.814. The third-order valence-electron chi connectivity index (χ3n) is 3.23. The number of carbonyl (C=O) groups excluding carboxylic acids is 2. The highest BCUT2D eigenvalue weighted by Crippen LogP contribution is 2.13. The first kappa shape index (κ1) is 16.5. The number of ether oxygens (including phenoxy) is 2. The Morgan fingerprint density at radius 1 is 0.870 bits per heavy atom. The molecule has 0 saturated heterocycles. The van der Waals surface area contributed by atoms with Crippen molar-refractivity contribution in [1.82, 2.24) is 0 Å². The second-order valence-electron chi connectivity index (χ2n) is 4.91. The molecule has 120 valence electrons. The maximum atomic E-state index is 12.1. The molecule has 0 bridgehead atoms. The normalized spacial score (nSPS) is 9.96. The van der Waals surface area contributed by atoms with Gasteiger partial charge in [0, 0.05) is 5.69 Å². The Kier molecular flexibility index (Phi) is 6.17. The van der Waals surface area contributed by atoms with Crippen LogP contribution in [0.5, 0.6) is 0 Å². The number of esters is 2. The summed E-state index contributed by atoms with van der Waals surface area (Å²) in [7, 11) is 1.32. The van der Waals surface area contributed by atoms with Crippen molar-refractivity contribution in [2.24, 2.45) is 0 Å². The Morgan fingerprint density at radius 3 is 2.04 bits per heavy atom. The van der Waals surface area contributed by atoms with Crippen molar-refractivity contribution in [2.45, 2.75) is 6.61 Å². The average Bonchev–Trinajstić information content (AvgIpc) is 2.61. The van der Waals surface area contributed by atoms with Crippen LogP contribution in [-0.4, -0.2) is 32.1 Å². The van der Waals surface area contributed by atoms with Crippen LogP contribution in [0.1, 0.15) is 5.56 Å². The number of hydrogen-bond donors (Lipinski definition) is 0. The summed E-state index contributed by atoms with van der Waals surface area (Å²) in [5.41, 5.74) is 1.68. The van der Waals surface area contributed by atoms with E-state index in [0.29, 0.717) is 0 Å². The Morgan fingerprint density at radius 2 is 1.43 bits per heavy atom. The summed E-state index contributed by atoms with van der Waals surface area (Å²) >= 11 is 0. The van der Waals surface area contributed by atoms with Gasteiger partial charge in [0.05, 0.1) is 7.11 Å². The van der Waals surface area contributed by atoms with E-state index in [1.807, 2.05) is 60.7 Å². The van der Waals surface area contributed by atoms with E-state index in [2.05, 4.69) is 4.74 Å². The van der Waals surface area contributed by atoms with Crippen LogP contribution >= 0.6 is 0 Å². The summed E-state index contributed by atoms with van der Waals surface area (Å²) in [5, 5.41) is 0. The second-order valence-corrected chi connectivity index (χ2v) is 4.91. The molecule has 0 aliphatic heterocycles. The first-order valence-electron chi connectivity index (χ1n) is 7.25. The molecule has 5 heteroatoms. The van der Waals surface area contributed by atoms with Crippen molar-refractivity contribution in [3.63, 3.8) is 0 Å². The molecule has 0 spiro atoms. The van der Waals surface area contributed by atoms with E-state index < -0.39 is 11.9 Å². The van der Waals surface area contributed by atoms with Crippen LogP contribution in [0.25, 0.3) is 0 Å². The predicted octanol–water partition coefficient (Wildman–Crippen LogP) is 2.41. The van der Waals surface area contributed by atoms with Crippen LogP contribution < -0.4 is 4.90 Å². The molecule has 0 atom stereocenters. The van der Waals surface area contributed by atoms with Gasteiger partial charge in [-0.25, -0.2) is 0 Å². The molecule has 2 aromatic carbocycles. The summed E-state index contributed by atoms with van der Waals surface area (Å²) in [6, 6.07) is 18.7. The van der Waals surface area contributed by atoms with Crippen molar-refractivity contribution in [2.75, 3.05) is 25.1 Å². The minimum absolute atomic E-state index is 0.0129. The summed E-state index contributed by atoms with van der Waals surface area (Å²) in [4.78, 5) is 25.2. The molecule has 0 N–H and O–H groups in total. The van der Waals surface area contributed by atoms with Crippen LogP contribution in [0.15, 0.2) is 60.7 Å². The van der Waals surface area contributed by atoms with E-state index in [1.165, 1.54) is 7.11 Å². The topological polar surface area (TPSA) is 55.8 Å². The number of anilines is 1. The van der Waals surface area contributed by atoms with Gasteiger partial charge in [0.25, 0.3) is 0 Å². The van der Waals surface area contributed by atoms with Gasteiger partial charge in [-0.3, -0.25) is 9.59 Å². The zero-order chi connectivity index (χ0) is 16.5. The van der Waals surface area contributed by atoms with Crippen LogP contribution in [0.3, 0.4) is 0 Å². The van der Waals surface area contributed by atoms with Gasteiger partial charge in [0.15, 0.2) is 0 Å². The Hall–Kier alpha value is -2.82. The Balaban J connectivity index is 1.96. The first-order chi connectivity index (χ1) is 11.2. The molecule has 0 fully saturated rings. The number of carbonyl (C=O) groups is 2. The highest BCUT2D eigenvalue weighted by Gasteiger charge is 2.16. The molecule has 5 nitrogen and oxygen atoms in total. The van der Waals surface area contributed by atoms with Gasteiger partial charge >= 0.3 is 11.9 Å². The van der Waals surface area contributed by atoms with Gasteiger partial charge in [-0.1, -0.05) is 48.5 Å². The van der Waals surface area contributed by atoms with Gasteiger partial charge in [-0.05, 0) is 17.7 Å². The fourth-order valence-corrected chi connectivity index (χ4v) is 2.04. The van der Waals surface area contributed by atoms with Crippen molar-refractivity contribution in [3.8, 4) is 0 Å². The lowest BCUT2D eigenvalue weighted by atomic mass is 10.2. The molecule has 0 aliphatic rings. The molecule has 0 aliphatic carbocycles. The number of nitrogens with zero attached hydrogens (tertiary/aromatic N) is 1. The third kappa shape index (κ3) is 5.47. The fourth-order valence-electron chi connectivity index (χ4n) is 2.04. The fraction of sp³-hybridized carbons (Fsp3) is 0.222. The zero-order valence-corrected chi connectivity index (χ0v) is 13.0. The van der Waals surface area contributed by atoms with Gasteiger partial charge in [-0.15, -0.1) is 0 Å². The molecule has 2 aromatic rings. The molecule has 0 amide bonds. The lowest BCUT2D eigenvalue weighted by molar-refractivity contribution is -0.143. The quantitative estimate of drug-likeness (QED) is 0.735. The third-order valence-corrected chi connectivity index (χ3v) is 3.23.